The van der Waals surface area contributed by atoms with Gasteiger partial charge >= 0.3 is 5.97 Å². The lowest BCUT2D eigenvalue weighted by molar-refractivity contribution is -0.160. The van der Waals surface area contributed by atoms with Gasteiger partial charge in [0.05, 0.1) is 5.92 Å². The fourth-order valence-corrected chi connectivity index (χ4v) is 5.61. The number of piperidine rings is 1. The molecule has 3 heterocycles. The van der Waals surface area contributed by atoms with Crippen LogP contribution in [0.3, 0.4) is 0 Å². The summed E-state index contributed by atoms with van der Waals surface area (Å²) in [5, 5.41) is 2.76. The van der Waals surface area contributed by atoms with Crippen molar-refractivity contribution >= 4 is 27.7 Å². The third-order valence-corrected chi connectivity index (χ3v) is 7.56. The zero-order valence-corrected chi connectivity index (χ0v) is 19.9. The van der Waals surface area contributed by atoms with Gasteiger partial charge in [-0.25, -0.2) is 0 Å². The Morgan fingerprint density at radius 1 is 1.20 bits per heavy atom. The monoisotopic (exact) mass is 499 g/mol. The van der Waals surface area contributed by atoms with Crippen LogP contribution in [0, 0.1) is 5.92 Å². The molecule has 0 aromatic heterocycles. The molecular weight excluding hydrogens is 474 g/mol. The van der Waals surface area contributed by atoms with Gasteiger partial charge < -0.3 is 24.4 Å². The first kappa shape index (κ1) is 23.2. The first-order chi connectivity index (χ1) is 16.8. The number of ether oxygens (including phenoxy) is 3. The largest absolute Gasteiger partial charge is 0.454 e. The van der Waals surface area contributed by atoms with Gasteiger partial charge in [-0.05, 0) is 49.6 Å². The van der Waals surface area contributed by atoms with E-state index in [0.717, 1.165) is 5.56 Å². The molecule has 2 aromatic carbocycles. The molecule has 0 saturated carbocycles. The number of carbonyl (C=O) groups is 2. The standard InChI is InChI=1S/C24H25N3O7S/c1-15(23(28)25-12-16-8-9-19-20(11-16)33-14-32-19)34-24(29)17-5-4-10-27(13-17)22-18-6-2-3-7-21(18)35(30,31)26-22/h2-3,6-9,11,15,17H,4-5,10,12-14H2,1H3,(H,25,28)/t15-,17-/m0/s1. The van der Waals surface area contributed by atoms with E-state index in [4.69, 9.17) is 14.2 Å². The molecule has 0 bridgehead atoms. The average molecular weight is 500 g/mol. The van der Waals surface area contributed by atoms with Crippen LogP contribution in [0.1, 0.15) is 30.9 Å². The maximum Gasteiger partial charge on any atom is 0.311 e. The van der Waals surface area contributed by atoms with Crippen molar-refractivity contribution in [1.82, 2.24) is 10.2 Å². The van der Waals surface area contributed by atoms with Crippen LogP contribution in [-0.4, -0.2) is 57.0 Å². The summed E-state index contributed by atoms with van der Waals surface area (Å²) in [5.74, 6) is 0.242. The van der Waals surface area contributed by atoms with Gasteiger partial charge in [0.1, 0.15) is 4.90 Å². The summed E-state index contributed by atoms with van der Waals surface area (Å²) in [6.45, 7) is 2.80. The second-order valence-electron chi connectivity index (χ2n) is 8.66. The molecule has 1 N–H and O–H groups in total. The van der Waals surface area contributed by atoms with Crippen molar-refractivity contribution in [1.29, 1.82) is 0 Å². The highest BCUT2D eigenvalue weighted by molar-refractivity contribution is 7.90. The van der Waals surface area contributed by atoms with Crippen LogP contribution in [0.4, 0.5) is 0 Å². The molecule has 5 rings (SSSR count). The van der Waals surface area contributed by atoms with Crippen LogP contribution < -0.4 is 14.8 Å². The van der Waals surface area contributed by atoms with Crippen molar-refractivity contribution in [3.05, 3.63) is 53.6 Å². The summed E-state index contributed by atoms with van der Waals surface area (Å²) in [5.41, 5.74) is 1.37. The normalized spacial score (nSPS) is 20.5. The fourth-order valence-electron chi connectivity index (χ4n) is 4.39. The molecule has 11 heteroatoms. The number of nitrogens with one attached hydrogen (secondary N) is 1. The summed E-state index contributed by atoms with van der Waals surface area (Å²) < 4.78 is 44.8. The third-order valence-electron chi connectivity index (χ3n) is 6.23. The molecule has 3 aliphatic rings. The van der Waals surface area contributed by atoms with E-state index in [-0.39, 0.29) is 24.8 Å². The Labute approximate surface area is 202 Å². The number of benzene rings is 2. The van der Waals surface area contributed by atoms with Crippen LogP contribution in [0.25, 0.3) is 0 Å². The lowest BCUT2D eigenvalue weighted by atomic mass is 9.97. The summed E-state index contributed by atoms with van der Waals surface area (Å²) >= 11 is 0. The number of amidine groups is 1. The van der Waals surface area contributed by atoms with E-state index in [1.807, 2.05) is 11.0 Å². The van der Waals surface area contributed by atoms with Crippen molar-refractivity contribution in [2.24, 2.45) is 10.3 Å². The van der Waals surface area contributed by atoms with E-state index in [2.05, 4.69) is 9.71 Å². The fraction of sp³-hybridized carbons (Fsp3) is 0.375. The Bertz CT molecular complexity index is 1310. The number of likely N-dealkylation sites (tertiary alicyclic amines) is 1. The van der Waals surface area contributed by atoms with Crippen LogP contribution in [0.2, 0.25) is 0 Å². The molecule has 10 nitrogen and oxygen atoms in total. The topological polar surface area (TPSA) is 124 Å². The van der Waals surface area contributed by atoms with E-state index in [1.165, 1.54) is 13.0 Å². The smallest absolute Gasteiger partial charge is 0.311 e. The average Bonchev–Trinajstić information content (AvgIpc) is 3.44. The summed E-state index contributed by atoms with van der Waals surface area (Å²) in [6.07, 6.45) is 0.283. The Morgan fingerprint density at radius 2 is 2.00 bits per heavy atom. The van der Waals surface area contributed by atoms with E-state index >= 15 is 0 Å². The Morgan fingerprint density at radius 3 is 2.86 bits per heavy atom. The Kier molecular flexibility index (Phi) is 6.10. The van der Waals surface area contributed by atoms with Gasteiger partial charge in [-0.2, -0.15) is 8.42 Å². The van der Waals surface area contributed by atoms with Crippen molar-refractivity contribution in [2.75, 3.05) is 19.9 Å². The molecule has 184 valence electrons. The Hall–Kier alpha value is -3.60. The highest BCUT2D eigenvalue weighted by atomic mass is 32.2. The molecule has 1 saturated heterocycles. The van der Waals surface area contributed by atoms with Gasteiger partial charge in [-0.15, -0.1) is 4.40 Å². The highest BCUT2D eigenvalue weighted by Gasteiger charge is 2.36. The van der Waals surface area contributed by atoms with Gasteiger partial charge in [0.15, 0.2) is 23.4 Å². The molecule has 1 fully saturated rings. The van der Waals surface area contributed by atoms with Crippen LogP contribution >= 0.6 is 0 Å². The molecule has 1 amide bonds. The number of carbonyl (C=O) groups excluding carboxylic acids is 2. The number of fused-ring (bicyclic) bond motifs is 2. The van der Waals surface area contributed by atoms with Gasteiger partial charge in [-0.1, -0.05) is 18.2 Å². The molecule has 0 aliphatic carbocycles. The SMILES string of the molecule is C[C@H](OC(=O)[C@H]1CCCN(C2=NS(=O)(=O)c3ccccc32)C1)C(=O)NCc1ccc2c(c1)OCO2. The van der Waals surface area contributed by atoms with Gasteiger partial charge in [0.25, 0.3) is 15.9 Å². The van der Waals surface area contributed by atoms with Gasteiger partial charge in [-0.3, -0.25) is 9.59 Å². The predicted octanol–water partition coefficient (Wildman–Crippen LogP) is 1.82. The minimum absolute atomic E-state index is 0.173. The lowest BCUT2D eigenvalue weighted by Crippen LogP contribution is -2.44. The van der Waals surface area contributed by atoms with Crippen LogP contribution in [0.15, 0.2) is 51.8 Å². The number of rotatable bonds is 5. The quantitative estimate of drug-likeness (QED) is 0.618. The molecule has 3 aliphatic heterocycles. The first-order valence-electron chi connectivity index (χ1n) is 11.4. The van der Waals surface area contributed by atoms with Crippen LogP contribution in [0.5, 0.6) is 11.5 Å². The summed E-state index contributed by atoms with van der Waals surface area (Å²) in [7, 11) is -3.74. The van der Waals surface area contributed by atoms with Crippen molar-refractivity contribution in [2.45, 2.75) is 37.3 Å². The lowest BCUT2D eigenvalue weighted by Gasteiger charge is -2.33. The molecule has 35 heavy (non-hydrogen) atoms. The van der Waals surface area contributed by atoms with Gasteiger partial charge in [0, 0.05) is 25.2 Å². The third kappa shape index (κ3) is 4.68. The molecular formula is C24H25N3O7S. The number of hydrogen-bond donors (Lipinski definition) is 1. The highest BCUT2D eigenvalue weighted by Crippen LogP contribution is 2.32. The minimum atomic E-state index is -3.74. The maximum atomic E-state index is 12.8. The zero-order valence-electron chi connectivity index (χ0n) is 19.1. The second kappa shape index (κ2) is 9.21. The Balaban J connectivity index is 1.17. The zero-order chi connectivity index (χ0) is 24.6. The second-order valence-corrected chi connectivity index (χ2v) is 10.2. The van der Waals surface area contributed by atoms with Crippen molar-refractivity contribution < 1.29 is 32.2 Å². The van der Waals surface area contributed by atoms with E-state index in [0.29, 0.717) is 42.3 Å². The van der Waals surface area contributed by atoms with E-state index in [1.54, 1.807) is 30.3 Å². The maximum absolute atomic E-state index is 12.8. The van der Waals surface area contributed by atoms with E-state index < -0.39 is 33.9 Å². The number of amides is 1. The van der Waals surface area contributed by atoms with E-state index in [9.17, 15) is 18.0 Å². The van der Waals surface area contributed by atoms with Crippen molar-refractivity contribution in [3.8, 4) is 11.5 Å². The number of hydrogen-bond acceptors (Lipinski definition) is 8. The molecule has 2 atom stereocenters. The summed E-state index contributed by atoms with van der Waals surface area (Å²) in [6, 6.07) is 12.1. The van der Waals surface area contributed by atoms with Crippen molar-refractivity contribution in [3.63, 3.8) is 0 Å². The molecule has 2 aromatic rings. The van der Waals surface area contributed by atoms with Crippen LogP contribution in [-0.2, 0) is 30.9 Å². The molecule has 0 unspecified atom stereocenters. The van der Waals surface area contributed by atoms with Gasteiger partial charge in [0.2, 0.25) is 6.79 Å². The predicted molar refractivity (Wildman–Crippen MR) is 124 cm³/mol. The number of nitrogens with zero attached hydrogens (tertiary/aromatic N) is 2. The number of sulfonamides is 1. The molecule has 0 spiro atoms. The number of esters is 1. The summed E-state index contributed by atoms with van der Waals surface area (Å²) in [4.78, 5) is 27.3. The minimum Gasteiger partial charge on any atom is -0.454 e. The first-order valence-corrected chi connectivity index (χ1v) is 12.8. The molecule has 0 radical (unpaired) electrons.